The lowest BCUT2D eigenvalue weighted by atomic mass is 10.0. The van der Waals surface area contributed by atoms with Crippen LogP contribution in [0.3, 0.4) is 0 Å². The van der Waals surface area contributed by atoms with Crippen molar-refractivity contribution in [2.75, 3.05) is 13.7 Å². The van der Waals surface area contributed by atoms with E-state index < -0.39 is 0 Å². The second-order valence-electron chi connectivity index (χ2n) is 7.28. The molecule has 0 aliphatic heterocycles. The molecule has 7 heteroatoms. The maximum absolute atomic E-state index is 12.9. The smallest absolute Gasteiger partial charge is 0.305 e. The summed E-state index contributed by atoms with van der Waals surface area (Å²) in [5.41, 5.74) is 4.02. The van der Waals surface area contributed by atoms with E-state index in [1.807, 2.05) is 49.7 Å². The number of nitrogens with zero attached hydrogens (tertiary/aromatic N) is 3. The van der Waals surface area contributed by atoms with Gasteiger partial charge in [0.05, 0.1) is 30.0 Å². The SMILES string of the molecule is COC(=O)CCCNC(=O)c1cc(-c2ccc(C)cc2)nc2c1cnn2C(C)C. The van der Waals surface area contributed by atoms with Gasteiger partial charge < -0.3 is 10.1 Å². The van der Waals surface area contributed by atoms with E-state index in [9.17, 15) is 9.59 Å². The van der Waals surface area contributed by atoms with Crippen molar-refractivity contribution in [3.05, 3.63) is 47.7 Å². The van der Waals surface area contributed by atoms with E-state index in [4.69, 9.17) is 4.98 Å². The van der Waals surface area contributed by atoms with Gasteiger partial charge in [0.15, 0.2) is 5.65 Å². The lowest BCUT2D eigenvalue weighted by Gasteiger charge is -2.11. The van der Waals surface area contributed by atoms with Gasteiger partial charge in [0.25, 0.3) is 5.91 Å². The summed E-state index contributed by atoms with van der Waals surface area (Å²) >= 11 is 0. The number of hydrogen-bond acceptors (Lipinski definition) is 5. The number of fused-ring (bicyclic) bond motifs is 1. The van der Waals surface area contributed by atoms with Gasteiger partial charge in [0, 0.05) is 24.6 Å². The Morgan fingerprint density at radius 1 is 1.21 bits per heavy atom. The first kappa shape index (κ1) is 20.5. The Balaban J connectivity index is 1.95. The predicted molar refractivity (Wildman–Crippen MR) is 112 cm³/mol. The van der Waals surface area contributed by atoms with Gasteiger partial charge in [-0.15, -0.1) is 0 Å². The molecular weight excluding hydrogens is 368 g/mol. The highest BCUT2D eigenvalue weighted by atomic mass is 16.5. The van der Waals surface area contributed by atoms with Crippen molar-refractivity contribution >= 4 is 22.9 Å². The van der Waals surface area contributed by atoms with E-state index in [2.05, 4.69) is 15.2 Å². The molecule has 2 heterocycles. The number of ether oxygens (including phenoxy) is 1. The van der Waals surface area contributed by atoms with Crippen molar-refractivity contribution in [2.24, 2.45) is 0 Å². The van der Waals surface area contributed by atoms with E-state index in [-0.39, 0.29) is 24.3 Å². The molecule has 0 unspecified atom stereocenters. The zero-order chi connectivity index (χ0) is 21.0. The molecular formula is C22H26N4O3. The second kappa shape index (κ2) is 8.86. The first-order chi connectivity index (χ1) is 13.9. The molecule has 0 aliphatic rings. The van der Waals surface area contributed by atoms with Crippen LogP contribution >= 0.6 is 0 Å². The molecule has 0 bridgehead atoms. The molecule has 0 radical (unpaired) electrons. The van der Waals surface area contributed by atoms with Crippen LogP contribution in [0.5, 0.6) is 0 Å². The Bertz CT molecular complexity index is 1020. The van der Waals surface area contributed by atoms with E-state index in [1.54, 1.807) is 12.3 Å². The third-order valence-electron chi connectivity index (χ3n) is 4.72. The number of amides is 1. The highest BCUT2D eigenvalue weighted by Gasteiger charge is 2.18. The Kier molecular flexibility index (Phi) is 6.26. The van der Waals surface area contributed by atoms with Crippen LogP contribution in [0, 0.1) is 6.92 Å². The lowest BCUT2D eigenvalue weighted by molar-refractivity contribution is -0.140. The highest BCUT2D eigenvalue weighted by molar-refractivity contribution is 6.06. The lowest BCUT2D eigenvalue weighted by Crippen LogP contribution is -2.25. The van der Waals surface area contributed by atoms with Crippen LogP contribution in [-0.4, -0.2) is 40.3 Å². The Hall–Kier alpha value is -3.22. The molecule has 3 rings (SSSR count). The zero-order valence-corrected chi connectivity index (χ0v) is 17.2. The zero-order valence-electron chi connectivity index (χ0n) is 17.2. The van der Waals surface area contributed by atoms with Crippen LogP contribution in [0.4, 0.5) is 0 Å². The molecule has 1 amide bonds. The topological polar surface area (TPSA) is 86.1 Å². The van der Waals surface area contributed by atoms with Crippen LogP contribution in [0.25, 0.3) is 22.3 Å². The number of pyridine rings is 1. The molecule has 29 heavy (non-hydrogen) atoms. The highest BCUT2D eigenvalue weighted by Crippen LogP contribution is 2.26. The Labute approximate surface area is 170 Å². The molecule has 2 aromatic heterocycles. The first-order valence-electron chi connectivity index (χ1n) is 9.71. The van der Waals surface area contributed by atoms with Crippen molar-refractivity contribution < 1.29 is 14.3 Å². The van der Waals surface area contributed by atoms with Gasteiger partial charge in [-0.25, -0.2) is 9.67 Å². The van der Waals surface area contributed by atoms with Crippen molar-refractivity contribution in [3.8, 4) is 11.3 Å². The summed E-state index contributed by atoms with van der Waals surface area (Å²) in [5, 5.41) is 8.02. The Morgan fingerprint density at radius 3 is 2.59 bits per heavy atom. The van der Waals surface area contributed by atoms with Gasteiger partial charge in [0.2, 0.25) is 0 Å². The normalized spacial score (nSPS) is 11.1. The van der Waals surface area contributed by atoms with Gasteiger partial charge >= 0.3 is 5.97 Å². The maximum Gasteiger partial charge on any atom is 0.305 e. The van der Waals surface area contributed by atoms with E-state index in [0.717, 1.165) is 16.8 Å². The number of rotatable bonds is 7. The van der Waals surface area contributed by atoms with Crippen LogP contribution < -0.4 is 5.32 Å². The molecule has 0 aliphatic carbocycles. The van der Waals surface area contributed by atoms with E-state index in [1.165, 1.54) is 7.11 Å². The number of nitrogens with one attached hydrogen (secondary N) is 1. The minimum Gasteiger partial charge on any atom is -0.469 e. The van der Waals surface area contributed by atoms with Crippen molar-refractivity contribution in [2.45, 2.75) is 39.7 Å². The van der Waals surface area contributed by atoms with Crippen LogP contribution in [0.15, 0.2) is 36.5 Å². The summed E-state index contributed by atoms with van der Waals surface area (Å²) in [5.74, 6) is -0.496. The molecule has 7 nitrogen and oxygen atoms in total. The molecule has 0 fully saturated rings. The molecule has 0 saturated carbocycles. The number of methoxy groups -OCH3 is 1. The molecule has 0 saturated heterocycles. The number of hydrogen-bond donors (Lipinski definition) is 1. The molecule has 152 valence electrons. The van der Waals surface area contributed by atoms with Crippen molar-refractivity contribution in [1.82, 2.24) is 20.1 Å². The maximum atomic E-state index is 12.9. The fraction of sp³-hybridized carbons (Fsp3) is 0.364. The quantitative estimate of drug-likeness (QED) is 0.488. The number of aryl methyl sites for hydroxylation is 1. The fourth-order valence-corrected chi connectivity index (χ4v) is 3.09. The van der Waals surface area contributed by atoms with Gasteiger partial charge in [-0.3, -0.25) is 9.59 Å². The number of aromatic nitrogens is 3. The first-order valence-corrected chi connectivity index (χ1v) is 9.71. The summed E-state index contributed by atoms with van der Waals surface area (Å²) in [6, 6.07) is 9.95. The van der Waals surface area contributed by atoms with Crippen molar-refractivity contribution in [3.63, 3.8) is 0 Å². The fourth-order valence-electron chi connectivity index (χ4n) is 3.09. The average molecular weight is 394 g/mol. The molecule has 3 aromatic rings. The second-order valence-corrected chi connectivity index (χ2v) is 7.28. The van der Waals surface area contributed by atoms with Gasteiger partial charge in [-0.1, -0.05) is 29.8 Å². The van der Waals surface area contributed by atoms with Crippen LogP contribution in [0.1, 0.15) is 48.7 Å². The summed E-state index contributed by atoms with van der Waals surface area (Å²) in [6.07, 6.45) is 2.47. The van der Waals surface area contributed by atoms with Crippen LogP contribution in [-0.2, 0) is 9.53 Å². The number of esters is 1. The monoisotopic (exact) mass is 394 g/mol. The minimum absolute atomic E-state index is 0.115. The summed E-state index contributed by atoms with van der Waals surface area (Å²) in [6.45, 7) is 6.47. The standard InChI is InChI=1S/C22H26N4O3/c1-14(2)26-21-18(13-24-26)17(22(28)23-11-5-6-20(27)29-4)12-19(25-21)16-9-7-15(3)8-10-16/h7-10,12-14H,5-6,11H2,1-4H3,(H,23,28). The molecule has 0 atom stereocenters. The van der Waals surface area contributed by atoms with Gasteiger partial charge in [0.1, 0.15) is 0 Å². The summed E-state index contributed by atoms with van der Waals surface area (Å²) < 4.78 is 6.45. The largest absolute Gasteiger partial charge is 0.469 e. The molecule has 1 aromatic carbocycles. The van der Waals surface area contributed by atoms with Crippen LogP contribution in [0.2, 0.25) is 0 Å². The summed E-state index contributed by atoms with van der Waals surface area (Å²) in [4.78, 5) is 28.9. The third-order valence-corrected chi connectivity index (χ3v) is 4.72. The van der Waals surface area contributed by atoms with Crippen molar-refractivity contribution in [1.29, 1.82) is 0 Å². The Morgan fingerprint density at radius 2 is 1.93 bits per heavy atom. The molecule has 0 spiro atoms. The van der Waals surface area contributed by atoms with Gasteiger partial charge in [-0.05, 0) is 33.3 Å². The average Bonchev–Trinajstić information content (AvgIpc) is 3.15. The minimum atomic E-state index is -0.287. The third kappa shape index (κ3) is 4.62. The summed E-state index contributed by atoms with van der Waals surface area (Å²) in [7, 11) is 1.35. The number of benzene rings is 1. The predicted octanol–water partition coefficient (Wildman–Crippen LogP) is 3.67. The number of carbonyl (C=O) groups is 2. The van der Waals surface area contributed by atoms with E-state index in [0.29, 0.717) is 29.6 Å². The number of carbonyl (C=O) groups excluding carboxylic acids is 2. The van der Waals surface area contributed by atoms with E-state index >= 15 is 0 Å². The van der Waals surface area contributed by atoms with Gasteiger partial charge in [-0.2, -0.15) is 5.10 Å². The molecule has 1 N–H and O–H groups in total.